The Morgan fingerprint density at radius 2 is 1.95 bits per heavy atom. The third kappa shape index (κ3) is 2.32. The van der Waals surface area contributed by atoms with E-state index in [9.17, 15) is 14.4 Å². The Morgan fingerprint density at radius 1 is 1.23 bits per heavy atom. The zero-order valence-corrected chi connectivity index (χ0v) is 11.4. The average molecular weight is 307 g/mol. The second-order valence-electron chi connectivity index (χ2n) is 5.17. The molecule has 0 aliphatic carbocycles. The lowest BCUT2D eigenvalue weighted by Gasteiger charge is -2.15. The number of amides is 2. The van der Waals surface area contributed by atoms with Gasteiger partial charge in [0.25, 0.3) is 0 Å². The van der Waals surface area contributed by atoms with Crippen LogP contribution in [0, 0.1) is 5.92 Å². The van der Waals surface area contributed by atoms with Crippen LogP contribution < -0.4 is 9.47 Å². The summed E-state index contributed by atoms with van der Waals surface area (Å²) in [5, 5.41) is 18.1. The smallest absolute Gasteiger partial charge is 0.414 e. The van der Waals surface area contributed by atoms with Gasteiger partial charge in [-0.05, 0) is 30.5 Å². The first-order chi connectivity index (χ1) is 10.5. The van der Waals surface area contributed by atoms with Gasteiger partial charge in [-0.2, -0.15) is 0 Å². The topological polar surface area (TPSA) is 113 Å². The molecule has 8 nitrogen and oxygen atoms in total. The number of imide groups is 1. The van der Waals surface area contributed by atoms with E-state index in [0.717, 1.165) is 5.56 Å². The highest BCUT2D eigenvalue weighted by Crippen LogP contribution is 2.35. The highest BCUT2D eigenvalue weighted by atomic mass is 16.7. The molecule has 1 fully saturated rings. The summed E-state index contributed by atoms with van der Waals surface area (Å²) in [6.45, 7) is 0.134. The van der Waals surface area contributed by atoms with Crippen LogP contribution in [-0.4, -0.2) is 45.9 Å². The van der Waals surface area contributed by atoms with Crippen molar-refractivity contribution in [3.8, 4) is 11.5 Å². The molecule has 22 heavy (non-hydrogen) atoms. The van der Waals surface area contributed by atoms with Crippen molar-refractivity contribution in [2.45, 2.75) is 18.9 Å². The van der Waals surface area contributed by atoms with Gasteiger partial charge in [-0.1, -0.05) is 6.07 Å². The summed E-state index contributed by atoms with van der Waals surface area (Å²) in [5.74, 6) is -1.51. The van der Waals surface area contributed by atoms with Crippen LogP contribution in [0.5, 0.6) is 11.5 Å². The van der Waals surface area contributed by atoms with E-state index in [1.165, 1.54) is 0 Å². The third-order valence-corrected chi connectivity index (χ3v) is 3.82. The van der Waals surface area contributed by atoms with E-state index in [1.54, 1.807) is 18.2 Å². The van der Waals surface area contributed by atoms with Gasteiger partial charge < -0.3 is 19.7 Å². The van der Waals surface area contributed by atoms with Crippen LogP contribution in [0.15, 0.2) is 18.2 Å². The van der Waals surface area contributed by atoms with Crippen molar-refractivity contribution < 1.29 is 34.1 Å². The molecule has 0 bridgehead atoms. The van der Waals surface area contributed by atoms with E-state index in [4.69, 9.17) is 19.7 Å². The van der Waals surface area contributed by atoms with E-state index in [2.05, 4.69) is 0 Å². The zero-order valence-electron chi connectivity index (χ0n) is 11.4. The fraction of sp³-hybridized carbons (Fsp3) is 0.357. The third-order valence-electron chi connectivity index (χ3n) is 3.82. The van der Waals surface area contributed by atoms with E-state index in [-0.39, 0.29) is 19.6 Å². The molecule has 2 aliphatic heterocycles. The first kappa shape index (κ1) is 14.2. The summed E-state index contributed by atoms with van der Waals surface area (Å²) in [7, 11) is 0. The van der Waals surface area contributed by atoms with Crippen molar-refractivity contribution in [2.24, 2.45) is 5.92 Å². The molecule has 1 aromatic carbocycles. The highest BCUT2D eigenvalue weighted by Gasteiger charge is 2.46. The summed E-state index contributed by atoms with van der Waals surface area (Å²) >= 11 is 0. The van der Waals surface area contributed by atoms with Crippen LogP contribution in [-0.2, 0) is 16.0 Å². The summed E-state index contributed by atoms with van der Waals surface area (Å²) < 4.78 is 10.4. The van der Waals surface area contributed by atoms with Crippen LogP contribution in [0.4, 0.5) is 4.79 Å². The molecule has 2 amide bonds. The van der Waals surface area contributed by atoms with Crippen LogP contribution in [0.3, 0.4) is 0 Å². The number of ether oxygens (including phenoxy) is 2. The number of likely N-dealkylation sites (tertiary alicyclic amines) is 1. The molecule has 3 rings (SSSR count). The first-order valence-corrected chi connectivity index (χ1v) is 6.64. The van der Waals surface area contributed by atoms with Gasteiger partial charge >= 0.3 is 12.1 Å². The lowest BCUT2D eigenvalue weighted by Crippen LogP contribution is -2.42. The standard InChI is InChI=1S/C14H13NO7/c16-12-8(5-9(13(17)18)15(12)14(19)20)3-7-1-2-10-11(4-7)22-6-21-10/h1-2,4,8-9H,3,5-6H2,(H,17,18)(H,19,20)/t8?,9-/m0/s1. The summed E-state index contributed by atoms with van der Waals surface area (Å²) in [5.41, 5.74) is 0.763. The number of carbonyl (C=O) groups excluding carboxylic acids is 1. The van der Waals surface area contributed by atoms with Gasteiger partial charge in [0.1, 0.15) is 6.04 Å². The zero-order chi connectivity index (χ0) is 15.9. The van der Waals surface area contributed by atoms with E-state index in [1.807, 2.05) is 0 Å². The molecular weight excluding hydrogens is 294 g/mol. The fourth-order valence-electron chi connectivity index (χ4n) is 2.79. The van der Waals surface area contributed by atoms with E-state index >= 15 is 0 Å². The number of benzene rings is 1. The molecular formula is C14H13NO7. The lowest BCUT2D eigenvalue weighted by atomic mass is 9.96. The molecule has 2 atom stereocenters. The molecule has 1 aromatic rings. The molecule has 1 saturated heterocycles. The Balaban J connectivity index is 1.79. The Hall–Kier alpha value is -2.77. The minimum atomic E-state index is -1.54. The number of rotatable bonds is 3. The number of nitrogens with zero attached hydrogens (tertiary/aromatic N) is 1. The molecule has 0 radical (unpaired) electrons. The number of carboxylic acids is 1. The molecule has 2 N–H and O–H groups in total. The number of carbonyl (C=O) groups is 3. The quantitative estimate of drug-likeness (QED) is 0.854. The van der Waals surface area contributed by atoms with Gasteiger partial charge in [0.2, 0.25) is 12.7 Å². The maximum atomic E-state index is 12.1. The molecule has 8 heteroatoms. The van der Waals surface area contributed by atoms with Gasteiger partial charge in [-0.3, -0.25) is 4.79 Å². The lowest BCUT2D eigenvalue weighted by molar-refractivity contribution is -0.145. The number of hydrogen-bond donors (Lipinski definition) is 2. The van der Waals surface area contributed by atoms with Crippen molar-refractivity contribution >= 4 is 18.0 Å². The van der Waals surface area contributed by atoms with Crippen LogP contribution in [0.1, 0.15) is 12.0 Å². The summed E-state index contributed by atoms with van der Waals surface area (Å²) in [4.78, 5) is 34.7. The van der Waals surface area contributed by atoms with Crippen molar-refractivity contribution in [2.75, 3.05) is 6.79 Å². The molecule has 2 heterocycles. The Kier molecular flexibility index (Phi) is 3.36. The monoisotopic (exact) mass is 307 g/mol. The average Bonchev–Trinajstić information content (AvgIpc) is 3.03. The van der Waals surface area contributed by atoms with Gasteiger partial charge in [0.05, 0.1) is 0 Å². The molecule has 0 spiro atoms. The fourth-order valence-corrected chi connectivity index (χ4v) is 2.79. The minimum absolute atomic E-state index is 0.0328. The summed E-state index contributed by atoms with van der Waals surface area (Å²) in [6.07, 6.45) is -1.32. The number of fused-ring (bicyclic) bond motifs is 1. The Bertz CT molecular complexity index is 657. The molecule has 2 aliphatic rings. The van der Waals surface area contributed by atoms with E-state index < -0.39 is 29.9 Å². The molecule has 1 unspecified atom stereocenters. The highest BCUT2D eigenvalue weighted by molar-refractivity contribution is 5.99. The summed E-state index contributed by atoms with van der Waals surface area (Å²) in [6, 6.07) is 3.85. The number of hydrogen-bond acceptors (Lipinski definition) is 5. The van der Waals surface area contributed by atoms with Gasteiger partial charge in [-0.15, -0.1) is 0 Å². The minimum Gasteiger partial charge on any atom is -0.480 e. The van der Waals surface area contributed by atoms with Crippen molar-refractivity contribution in [1.29, 1.82) is 0 Å². The maximum Gasteiger partial charge on any atom is 0.414 e. The molecule has 116 valence electrons. The van der Waals surface area contributed by atoms with Gasteiger partial charge in [0, 0.05) is 5.92 Å². The molecule has 0 saturated carbocycles. The molecule has 0 aromatic heterocycles. The van der Waals surface area contributed by atoms with Crippen LogP contribution >= 0.6 is 0 Å². The largest absolute Gasteiger partial charge is 0.480 e. The van der Waals surface area contributed by atoms with Crippen molar-refractivity contribution in [3.05, 3.63) is 23.8 Å². The van der Waals surface area contributed by atoms with Crippen LogP contribution in [0.2, 0.25) is 0 Å². The maximum absolute atomic E-state index is 12.1. The van der Waals surface area contributed by atoms with Crippen molar-refractivity contribution in [1.82, 2.24) is 4.90 Å². The second-order valence-corrected chi connectivity index (χ2v) is 5.17. The normalized spacial score (nSPS) is 22.9. The SMILES string of the molecule is O=C(O)[C@@H]1CC(Cc2ccc3c(c2)OCO3)C(=O)N1C(=O)O. The number of carboxylic acid groups (broad SMARTS) is 2. The van der Waals surface area contributed by atoms with E-state index in [0.29, 0.717) is 16.4 Å². The Morgan fingerprint density at radius 3 is 2.59 bits per heavy atom. The Labute approximate surface area is 124 Å². The van der Waals surface area contributed by atoms with Crippen molar-refractivity contribution in [3.63, 3.8) is 0 Å². The second kappa shape index (κ2) is 5.21. The van der Waals surface area contributed by atoms with Gasteiger partial charge in [-0.25, -0.2) is 14.5 Å². The van der Waals surface area contributed by atoms with Gasteiger partial charge in [0.15, 0.2) is 11.5 Å². The predicted octanol–water partition coefficient (Wildman–Crippen LogP) is 0.938. The first-order valence-electron chi connectivity index (χ1n) is 6.64. The van der Waals surface area contributed by atoms with Crippen LogP contribution in [0.25, 0.3) is 0 Å². The predicted molar refractivity (Wildman–Crippen MR) is 70.7 cm³/mol. The number of aliphatic carboxylic acids is 1.